The van der Waals surface area contributed by atoms with Gasteiger partial charge in [-0.2, -0.15) is 0 Å². The molecular weight excluding hydrogens is 308 g/mol. The summed E-state index contributed by atoms with van der Waals surface area (Å²) >= 11 is 0. The lowest BCUT2D eigenvalue weighted by atomic mass is 10.2. The van der Waals surface area contributed by atoms with Gasteiger partial charge >= 0.3 is 0 Å². The van der Waals surface area contributed by atoms with Crippen LogP contribution in [-0.4, -0.2) is 28.1 Å². The summed E-state index contributed by atoms with van der Waals surface area (Å²) in [5.74, 6) is 0. The summed E-state index contributed by atoms with van der Waals surface area (Å²) in [7, 11) is -3.56. The summed E-state index contributed by atoms with van der Waals surface area (Å²) in [5, 5.41) is 0. The van der Waals surface area contributed by atoms with Crippen LogP contribution in [0, 0.1) is 0 Å². The first-order valence-corrected chi connectivity index (χ1v) is 13.7. The largest absolute Gasteiger partial charge is 0.379 e. The Hall–Kier alpha value is -0.626. The Morgan fingerprint density at radius 2 is 1.55 bits per heavy atom. The first-order valence-electron chi connectivity index (χ1n) is 8.82. The third-order valence-electron chi connectivity index (χ3n) is 4.26. The van der Waals surface area contributed by atoms with Gasteiger partial charge in [0.1, 0.15) is 0 Å². The third-order valence-corrected chi connectivity index (χ3v) is 9.73. The second-order valence-electron chi connectivity index (χ2n) is 6.55. The van der Waals surface area contributed by atoms with Gasteiger partial charge in [0.25, 0.3) is 8.24 Å². The van der Waals surface area contributed by atoms with Crippen LogP contribution < -0.4 is 10.7 Å². The minimum atomic E-state index is -2.49. The number of nitrogens with two attached hydrogens (primary N) is 1. The molecule has 0 heterocycles. The molecule has 22 heavy (non-hydrogen) atoms. The second kappa shape index (κ2) is 11.9. The predicted octanol–water partition coefficient (Wildman–Crippen LogP) is 4.80. The summed E-state index contributed by atoms with van der Waals surface area (Å²) < 4.78 is 0. The number of primary amides is 1. The minimum Gasteiger partial charge on any atom is -0.379 e. The Morgan fingerprint density at radius 3 is 2.05 bits per heavy atom. The van der Waals surface area contributed by atoms with Crippen LogP contribution in [0.15, 0.2) is 0 Å². The van der Waals surface area contributed by atoms with E-state index in [1.54, 1.807) is 0 Å². The Bertz CT molecular complexity index is 340. The van der Waals surface area contributed by atoms with Crippen molar-refractivity contribution in [1.29, 1.82) is 0 Å². The first kappa shape index (κ1) is 21.4. The van der Waals surface area contributed by atoms with Crippen LogP contribution >= 0.6 is 0 Å². The van der Waals surface area contributed by atoms with Crippen molar-refractivity contribution < 1.29 is 9.59 Å². The van der Waals surface area contributed by atoms with E-state index in [1.807, 2.05) is 6.55 Å². The summed E-state index contributed by atoms with van der Waals surface area (Å²) in [4.78, 5) is 27.3. The Kier molecular flexibility index (Phi) is 11.5. The molecule has 0 fully saturated rings. The van der Waals surface area contributed by atoms with Gasteiger partial charge in [-0.1, -0.05) is 77.8 Å². The van der Waals surface area contributed by atoms with E-state index in [1.165, 1.54) is 32.1 Å². The number of amides is 2. The molecule has 6 heteroatoms. The Balaban J connectivity index is 4.34. The van der Waals surface area contributed by atoms with Crippen LogP contribution in [0.2, 0.25) is 25.2 Å². The molecule has 0 aliphatic carbocycles. The fourth-order valence-electron chi connectivity index (χ4n) is 2.44. The summed E-state index contributed by atoms with van der Waals surface area (Å²) in [6.45, 7) is 8.31. The molecule has 0 spiro atoms. The van der Waals surface area contributed by atoms with Gasteiger partial charge in [-0.25, -0.2) is 0 Å². The second-order valence-corrected chi connectivity index (χ2v) is 13.0. The molecule has 0 bridgehead atoms. The molecule has 129 valence electrons. The Labute approximate surface area is 139 Å². The van der Waals surface area contributed by atoms with Gasteiger partial charge in [0.05, 0.1) is 0 Å². The van der Waals surface area contributed by atoms with Gasteiger partial charge in [0.2, 0.25) is 5.53 Å². The Morgan fingerprint density at radius 1 is 1.00 bits per heavy atom. The maximum absolute atomic E-state index is 12.4. The van der Waals surface area contributed by atoms with Gasteiger partial charge in [-0.3, -0.25) is 9.59 Å². The van der Waals surface area contributed by atoms with Gasteiger partial charge in [0, 0.05) is 0 Å². The lowest BCUT2D eigenvalue weighted by molar-refractivity contribution is 0.258. The molecule has 0 aromatic heterocycles. The quantitative estimate of drug-likeness (QED) is 0.372. The number of carbonyl (C=O) groups excluding carboxylic acids is 2. The van der Waals surface area contributed by atoms with E-state index in [2.05, 4.69) is 25.4 Å². The van der Waals surface area contributed by atoms with Crippen LogP contribution in [0.25, 0.3) is 0 Å². The number of rotatable bonds is 13. The van der Waals surface area contributed by atoms with E-state index in [-0.39, 0.29) is 11.1 Å². The number of nitrogens with one attached hydrogen (secondary N) is 1. The van der Waals surface area contributed by atoms with Crippen molar-refractivity contribution >= 4 is 28.1 Å². The molecule has 2 amide bonds. The lowest BCUT2D eigenvalue weighted by Gasteiger charge is -2.26. The van der Waals surface area contributed by atoms with Crippen LogP contribution in [0.3, 0.4) is 0 Å². The van der Waals surface area contributed by atoms with Crippen molar-refractivity contribution in [3.05, 3.63) is 0 Å². The molecule has 4 nitrogen and oxygen atoms in total. The summed E-state index contributed by atoms with van der Waals surface area (Å²) in [6, 6.07) is 1.77. The van der Waals surface area contributed by atoms with Gasteiger partial charge in [-0.15, -0.1) is 0 Å². The zero-order chi connectivity index (χ0) is 17.0. The maximum Gasteiger partial charge on any atom is 0.255 e. The van der Waals surface area contributed by atoms with Crippen LogP contribution in [0.4, 0.5) is 9.59 Å². The normalized spacial score (nSPS) is 13.9. The fourth-order valence-corrected chi connectivity index (χ4v) is 7.08. The highest BCUT2D eigenvalue weighted by Crippen LogP contribution is 2.15. The number of hydrogen-bond donors (Lipinski definition) is 2. The first-order chi connectivity index (χ1) is 10.4. The molecule has 0 aliphatic rings. The van der Waals surface area contributed by atoms with Crippen molar-refractivity contribution in [3.63, 3.8) is 0 Å². The molecule has 0 aromatic rings. The molecule has 1 atom stereocenters. The van der Waals surface area contributed by atoms with Crippen LogP contribution in [0.5, 0.6) is 0 Å². The molecular formula is C16H35N2O2Si2. The van der Waals surface area contributed by atoms with Crippen molar-refractivity contribution in [1.82, 2.24) is 4.98 Å². The van der Waals surface area contributed by atoms with Crippen LogP contribution in [0.1, 0.15) is 65.2 Å². The standard InChI is InChI=1S/C16H35N2O2Si2/c1-5-7-9-11-13-21(3)16(20)18-22(4,15(17)19)14-12-10-8-6-2/h5-14H2,1-4H3,(H2,17,19)(H,18,20). The van der Waals surface area contributed by atoms with E-state index < -0.39 is 17.0 Å². The average molecular weight is 344 g/mol. The lowest BCUT2D eigenvalue weighted by Crippen LogP contribution is -2.61. The highest BCUT2D eigenvalue weighted by Gasteiger charge is 2.37. The van der Waals surface area contributed by atoms with E-state index in [0.29, 0.717) is 0 Å². The van der Waals surface area contributed by atoms with Crippen molar-refractivity contribution in [2.24, 2.45) is 5.73 Å². The zero-order valence-electron chi connectivity index (χ0n) is 15.0. The fraction of sp³-hybridized carbons (Fsp3) is 0.875. The van der Waals surface area contributed by atoms with Gasteiger partial charge in [-0.05, 0) is 12.6 Å². The van der Waals surface area contributed by atoms with Gasteiger partial charge in [0.15, 0.2) is 14.3 Å². The maximum atomic E-state index is 12.4. The third kappa shape index (κ3) is 8.73. The molecule has 1 radical (unpaired) electrons. The van der Waals surface area contributed by atoms with Crippen molar-refractivity contribution in [2.75, 3.05) is 0 Å². The van der Waals surface area contributed by atoms with E-state index in [9.17, 15) is 9.59 Å². The van der Waals surface area contributed by atoms with Gasteiger partial charge < -0.3 is 10.7 Å². The molecule has 3 N–H and O–H groups in total. The number of carbonyl (C=O) groups is 2. The van der Waals surface area contributed by atoms with E-state index >= 15 is 0 Å². The minimum absolute atomic E-state index is 0.116. The topological polar surface area (TPSA) is 72.2 Å². The highest BCUT2D eigenvalue weighted by molar-refractivity contribution is 7.07. The van der Waals surface area contributed by atoms with Crippen molar-refractivity contribution in [2.45, 2.75) is 90.4 Å². The smallest absolute Gasteiger partial charge is 0.255 e. The molecule has 0 aliphatic heterocycles. The van der Waals surface area contributed by atoms with E-state index in [0.717, 1.165) is 31.4 Å². The average Bonchev–Trinajstić information content (AvgIpc) is 2.47. The monoisotopic (exact) mass is 343 g/mol. The summed E-state index contributed by atoms with van der Waals surface area (Å²) in [6.07, 6.45) is 9.22. The van der Waals surface area contributed by atoms with E-state index in [4.69, 9.17) is 5.73 Å². The molecule has 0 rings (SSSR count). The predicted molar refractivity (Wildman–Crippen MR) is 99.2 cm³/mol. The number of hydrogen-bond acceptors (Lipinski definition) is 2. The zero-order valence-corrected chi connectivity index (χ0v) is 17.0. The number of unbranched alkanes of at least 4 members (excludes halogenated alkanes) is 6. The van der Waals surface area contributed by atoms with Crippen LogP contribution in [-0.2, 0) is 0 Å². The molecule has 0 saturated heterocycles. The highest BCUT2D eigenvalue weighted by atomic mass is 28.3. The molecule has 0 aromatic carbocycles. The molecule has 0 saturated carbocycles. The molecule has 1 unspecified atom stereocenters. The SMILES string of the molecule is CCCCCC[Si](C)C(=O)N[Si](C)(CCCCCC)C(N)=O. The van der Waals surface area contributed by atoms with Crippen molar-refractivity contribution in [3.8, 4) is 0 Å². The summed E-state index contributed by atoms with van der Waals surface area (Å²) in [5.41, 5.74) is 5.43.